The number of phenols is 1. The first-order valence-corrected chi connectivity index (χ1v) is 7.00. The number of aromatic hydroxyl groups is 1. The quantitative estimate of drug-likeness (QED) is 0.754. The molecule has 4 heteroatoms. The van der Waals surface area contributed by atoms with Crippen molar-refractivity contribution in [2.24, 2.45) is 5.73 Å². The Kier molecular flexibility index (Phi) is 5.35. The van der Waals surface area contributed by atoms with Crippen LogP contribution in [0.1, 0.15) is 11.1 Å². The van der Waals surface area contributed by atoms with Gasteiger partial charge in [0.25, 0.3) is 0 Å². The maximum absolute atomic E-state index is 11.9. The number of amides is 1. The summed E-state index contributed by atoms with van der Waals surface area (Å²) in [4.78, 5) is 11.9. The van der Waals surface area contributed by atoms with Gasteiger partial charge in [0, 0.05) is 6.54 Å². The van der Waals surface area contributed by atoms with E-state index in [0.717, 1.165) is 11.1 Å². The number of carbonyl (C=O) groups excluding carboxylic acids is 1. The van der Waals surface area contributed by atoms with Gasteiger partial charge in [-0.1, -0.05) is 42.5 Å². The number of phenolic OH excluding ortho intramolecular Hbond substituents is 1. The summed E-state index contributed by atoms with van der Waals surface area (Å²) in [7, 11) is 0. The summed E-state index contributed by atoms with van der Waals surface area (Å²) in [5.74, 6) is 0.102. The van der Waals surface area contributed by atoms with Crippen LogP contribution >= 0.6 is 0 Å². The lowest BCUT2D eigenvalue weighted by molar-refractivity contribution is -0.122. The first-order valence-electron chi connectivity index (χ1n) is 7.00. The number of rotatable bonds is 6. The third-order valence-electron chi connectivity index (χ3n) is 3.28. The van der Waals surface area contributed by atoms with Crippen LogP contribution in [0.5, 0.6) is 5.75 Å². The molecule has 0 aromatic heterocycles. The summed E-state index contributed by atoms with van der Waals surface area (Å²) >= 11 is 0. The summed E-state index contributed by atoms with van der Waals surface area (Å²) in [5.41, 5.74) is 8.02. The predicted octanol–water partition coefficient (Wildman–Crippen LogP) is 1.62. The van der Waals surface area contributed by atoms with Crippen LogP contribution in [0.4, 0.5) is 0 Å². The van der Waals surface area contributed by atoms with E-state index < -0.39 is 6.04 Å². The smallest absolute Gasteiger partial charge is 0.237 e. The zero-order valence-electron chi connectivity index (χ0n) is 11.8. The molecule has 0 fully saturated rings. The first-order chi connectivity index (χ1) is 10.1. The van der Waals surface area contributed by atoms with Crippen molar-refractivity contribution in [2.45, 2.75) is 18.9 Å². The average Bonchev–Trinajstić information content (AvgIpc) is 2.50. The fraction of sp³-hybridized carbons (Fsp3) is 0.235. The van der Waals surface area contributed by atoms with E-state index in [1.165, 1.54) is 0 Å². The van der Waals surface area contributed by atoms with Gasteiger partial charge in [0.2, 0.25) is 5.91 Å². The summed E-state index contributed by atoms with van der Waals surface area (Å²) in [6.45, 7) is 0.534. The Balaban J connectivity index is 1.75. The zero-order chi connectivity index (χ0) is 15.1. The van der Waals surface area contributed by atoms with Gasteiger partial charge in [-0.05, 0) is 36.1 Å². The molecule has 0 saturated heterocycles. The van der Waals surface area contributed by atoms with Crippen molar-refractivity contribution >= 4 is 5.91 Å². The van der Waals surface area contributed by atoms with E-state index >= 15 is 0 Å². The molecule has 0 aliphatic rings. The molecule has 0 heterocycles. The van der Waals surface area contributed by atoms with Crippen LogP contribution in [0.15, 0.2) is 54.6 Å². The van der Waals surface area contributed by atoms with Crippen LogP contribution in [0.25, 0.3) is 0 Å². The van der Waals surface area contributed by atoms with Crippen molar-refractivity contribution in [1.29, 1.82) is 0 Å². The number of hydrogen-bond donors (Lipinski definition) is 3. The molecule has 1 atom stereocenters. The second kappa shape index (κ2) is 7.45. The van der Waals surface area contributed by atoms with Crippen LogP contribution < -0.4 is 11.1 Å². The fourth-order valence-electron chi connectivity index (χ4n) is 2.08. The molecule has 1 amide bonds. The topological polar surface area (TPSA) is 75.4 Å². The Labute approximate surface area is 124 Å². The minimum Gasteiger partial charge on any atom is -0.508 e. The second-order valence-corrected chi connectivity index (χ2v) is 5.00. The van der Waals surface area contributed by atoms with Crippen molar-refractivity contribution in [3.8, 4) is 5.75 Å². The Morgan fingerprint density at radius 3 is 2.38 bits per heavy atom. The third-order valence-corrected chi connectivity index (χ3v) is 3.28. The Bertz CT molecular complexity index is 567. The molecule has 0 radical (unpaired) electrons. The SMILES string of the molecule is N[C@H](Cc1ccccc1)C(=O)NCCc1ccc(O)cc1. The van der Waals surface area contributed by atoms with Crippen LogP contribution in [-0.4, -0.2) is 23.6 Å². The van der Waals surface area contributed by atoms with Gasteiger partial charge in [0.15, 0.2) is 0 Å². The van der Waals surface area contributed by atoms with E-state index in [9.17, 15) is 9.90 Å². The van der Waals surface area contributed by atoms with Crippen LogP contribution in [0, 0.1) is 0 Å². The molecule has 110 valence electrons. The Morgan fingerprint density at radius 1 is 1.05 bits per heavy atom. The lowest BCUT2D eigenvalue weighted by Crippen LogP contribution is -2.42. The maximum atomic E-state index is 11.9. The van der Waals surface area contributed by atoms with E-state index in [-0.39, 0.29) is 11.7 Å². The average molecular weight is 284 g/mol. The molecule has 21 heavy (non-hydrogen) atoms. The molecule has 2 rings (SSSR count). The minimum atomic E-state index is -0.535. The van der Waals surface area contributed by atoms with Crippen molar-refractivity contribution in [1.82, 2.24) is 5.32 Å². The third kappa shape index (κ3) is 4.93. The van der Waals surface area contributed by atoms with E-state index in [4.69, 9.17) is 5.73 Å². The summed E-state index contributed by atoms with van der Waals surface area (Å²) in [5, 5.41) is 12.0. The van der Waals surface area contributed by atoms with Crippen molar-refractivity contribution in [3.63, 3.8) is 0 Å². The van der Waals surface area contributed by atoms with Crippen molar-refractivity contribution in [2.75, 3.05) is 6.54 Å². The number of nitrogens with one attached hydrogen (secondary N) is 1. The molecular weight excluding hydrogens is 264 g/mol. The maximum Gasteiger partial charge on any atom is 0.237 e. The largest absolute Gasteiger partial charge is 0.508 e. The normalized spacial score (nSPS) is 11.9. The van der Waals surface area contributed by atoms with Gasteiger partial charge in [0.1, 0.15) is 5.75 Å². The second-order valence-electron chi connectivity index (χ2n) is 5.00. The van der Waals surface area contributed by atoms with Crippen LogP contribution in [-0.2, 0) is 17.6 Å². The lowest BCUT2D eigenvalue weighted by Gasteiger charge is -2.12. The van der Waals surface area contributed by atoms with Gasteiger partial charge >= 0.3 is 0 Å². The molecule has 4 N–H and O–H groups in total. The molecule has 4 nitrogen and oxygen atoms in total. The highest BCUT2D eigenvalue weighted by Gasteiger charge is 2.13. The monoisotopic (exact) mass is 284 g/mol. The van der Waals surface area contributed by atoms with Crippen molar-refractivity contribution in [3.05, 3.63) is 65.7 Å². The molecule has 0 bridgehead atoms. The van der Waals surface area contributed by atoms with E-state index in [0.29, 0.717) is 19.4 Å². The highest BCUT2D eigenvalue weighted by molar-refractivity contribution is 5.81. The standard InChI is InChI=1S/C17H20N2O2/c18-16(12-14-4-2-1-3-5-14)17(21)19-11-10-13-6-8-15(20)9-7-13/h1-9,16,20H,10-12,18H2,(H,19,21)/t16-/m1/s1. The first kappa shape index (κ1) is 15.1. The van der Waals surface area contributed by atoms with Crippen molar-refractivity contribution < 1.29 is 9.90 Å². The van der Waals surface area contributed by atoms with E-state index in [1.54, 1.807) is 12.1 Å². The molecule has 0 aliphatic heterocycles. The molecule has 0 spiro atoms. The van der Waals surface area contributed by atoms with Gasteiger partial charge in [0.05, 0.1) is 6.04 Å². The molecule has 0 unspecified atom stereocenters. The number of nitrogens with two attached hydrogens (primary N) is 1. The van der Waals surface area contributed by atoms with Gasteiger partial charge in [-0.15, -0.1) is 0 Å². The van der Waals surface area contributed by atoms with Gasteiger partial charge < -0.3 is 16.2 Å². The van der Waals surface area contributed by atoms with E-state index in [2.05, 4.69) is 5.32 Å². The Morgan fingerprint density at radius 2 is 1.71 bits per heavy atom. The number of carbonyl (C=O) groups is 1. The molecule has 2 aromatic carbocycles. The lowest BCUT2D eigenvalue weighted by atomic mass is 10.1. The summed E-state index contributed by atoms with van der Waals surface area (Å²) in [6.07, 6.45) is 1.25. The molecule has 0 aliphatic carbocycles. The fourth-order valence-corrected chi connectivity index (χ4v) is 2.08. The van der Waals surface area contributed by atoms with Crippen LogP contribution in [0.2, 0.25) is 0 Å². The molecular formula is C17H20N2O2. The summed E-state index contributed by atoms with van der Waals surface area (Å²) < 4.78 is 0. The van der Waals surface area contributed by atoms with Gasteiger partial charge in [-0.3, -0.25) is 4.79 Å². The number of hydrogen-bond acceptors (Lipinski definition) is 3. The van der Waals surface area contributed by atoms with Gasteiger partial charge in [-0.25, -0.2) is 0 Å². The minimum absolute atomic E-state index is 0.141. The van der Waals surface area contributed by atoms with Crippen LogP contribution in [0.3, 0.4) is 0 Å². The molecule has 0 saturated carbocycles. The predicted molar refractivity (Wildman–Crippen MR) is 82.9 cm³/mol. The Hall–Kier alpha value is -2.33. The zero-order valence-corrected chi connectivity index (χ0v) is 11.8. The van der Waals surface area contributed by atoms with E-state index in [1.807, 2.05) is 42.5 Å². The summed E-state index contributed by atoms with van der Waals surface area (Å²) in [6, 6.07) is 16.1. The highest BCUT2D eigenvalue weighted by Crippen LogP contribution is 2.09. The molecule has 2 aromatic rings. The highest BCUT2D eigenvalue weighted by atomic mass is 16.3. The number of benzene rings is 2. The van der Waals surface area contributed by atoms with Gasteiger partial charge in [-0.2, -0.15) is 0 Å².